The summed E-state index contributed by atoms with van der Waals surface area (Å²) < 4.78 is 2.65. The third-order valence-corrected chi connectivity index (χ3v) is 8.82. The van der Waals surface area contributed by atoms with Gasteiger partial charge >= 0.3 is 0 Å². The van der Waals surface area contributed by atoms with Gasteiger partial charge in [0.25, 0.3) is 0 Å². The molecule has 0 spiro atoms. The first-order valence-corrected chi connectivity index (χ1v) is 14.6. The summed E-state index contributed by atoms with van der Waals surface area (Å²) in [5.41, 5.74) is 8.73. The first kappa shape index (κ1) is 23.7. The van der Waals surface area contributed by atoms with Crippen molar-refractivity contribution in [2.45, 2.75) is 0 Å². The number of hydrogen-bond donors (Lipinski definition) is 0. The van der Waals surface area contributed by atoms with Crippen LogP contribution in [0, 0.1) is 0 Å². The Kier molecular flexibility index (Phi) is 5.68. The maximum Gasteiger partial charge on any atom is 0.160 e. The Hall–Kier alpha value is -5.12. The molecular weight excluding hydrogens is 516 g/mol. The second-order valence-electron chi connectivity index (χ2n) is 10.2. The predicted octanol–water partition coefficient (Wildman–Crippen LogP) is 10.7. The van der Waals surface area contributed by atoms with Gasteiger partial charge in [0.1, 0.15) is 0 Å². The van der Waals surface area contributed by atoms with Crippen molar-refractivity contribution >= 4 is 42.4 Å². The largest absolute Gasteiger partial charge is 0.228 e. The lowest BCUT2D eigenvalue weighted by Gasteiger charge is -2.12. The molecule has 3 heteroatoms. The van der Waals surface area contributed by atoms with Gasteiger partial charge in [-0.25, -0.2) is 9.97 Å². The summed E-state index contributed by atoms with van der Waals surface area (Å²) in [6.45, 7) is 0. The van der Waals surface area contributed by atoms with Crippen LogP contribution in [0.1, 0.15) is 0 Å². The lowest BCUT2D eigenvalue weighted by Crippen LogP contribution is -1.95. The zero-order chi connectivity index (χ0) is 27.2. The lowest BCUT2D eigenvalue weighted by atomic mass is 9.97. The molecule has 192 valence electrons. The van der Waals surface area contributed by atoms with Crippen molar-refractivity contribution in [2.24, 2.45) is 0 Å². The fourth-order valence-corrected chi connectivity index (χ4v) is 6.77. The van der Waals surface area contributed by atoms with Crippen molar-refractivity contribution in [1.82, 2.24) is 9.97 Å². The second kappa shape index (κ2) is 9.81. The summed E-state index contributed by atoms with van der Waals surface area (Å²) in [7, 11) is 0. The molecule has 0 aliphatic carbocycles. The fraction of sp³-hybridized carbons (Fsp3) is 0. The van der Waals surface area contributed by atoms with Crippen molar-refractivity contribution in [2.75, 3.05) is 0 Å². The van der Waals surface area contributed by atoms with E-state index in [0.717, 1.165) is 39.1 Å². The Morgan fingerprint density at radius 2 is 0.951 bits per heavy atom. The molecular formula is C38H24N2S. The highest BCUT2D eigenvalue weighted by Gasteiger charge is 2.13. The van der Waals surface area contributed by atoms with Crippen LogP contribution in [0.3, 0.4) is 0 Å². The number of rotatable bonds is 4. The van der Waals surface area contributed by atoms with Crippen molar-refractivity contribution in [3.8, 4) is 44.9 Å². The number of aromatic nitrogens is 2. The normalized spacial score (nSPS) is 11.4. The molecule has 0 radical (unpaired) electrons. The van der Waals surface area contributed by atoms with Gasteiger partial charge in [0.05, 0.1) is 11.2 Å². The Labute approximate surface area is 242 Å². The second-order valence-corrected chi connectivity index (χ2v) is 11.3. The van der Waals surface area contributed by atoms with E-state index in [0.29, 0.717) is 0 Å². The molecule has 2 nitrogen and oxygen atoms in total. The van der Waals surface area contributed by atoms with Crippen LogP contribution in [0.2, 0.25) is 0 Å². The Balaban J connectivity index is 1.25. The summed E-state index contributed by atoms with van der Waals surface area (Å²) in [4.78, 5) is 10.1. The summed E-state index contributed by atoms with van der Waals surface area (Å²) in [5, 5.41) is 3.70. The predicted molar refractivity (Wildman–Crippen MR) is 174 cm³/mol. The highest BCUT2D eigenvalue weighted by molar-refractivity contribution is 7.25. The highest BCUT2D eigenvalue weighted by Crippen LogP contribution is 2.37. The van der Waals surface area contributed by atoms with Gasteiger partial charge in [-0.05, 0) is 52.6 Å². The van der Waals surface area contributed by atoms with E-state index in [1.165, 1.54) is 36.9 Å². The summed E-state index contributed by atoms with van der Waals surface area (Å²) in [6, 6.07) is 51.4. The lowest BCUT2D eigenvalue weighted by molar-refractivity contribution is 1.23. The molecule has 0 aliphatic heterocycles. The summed E-state index contributed by atoms with van der Waals surface area (Å²) in [5.74, 6) is 0.736. The standard InChI is InChI=1S/C38H24N2S/c1-3-10-25(11-4-1)37-33-21-19-29(23-34(33)39-38(40-37)26-12-5-2-6-13-26)27-14-9-15-28(22-27)30-18-20-32-31-16-7-8-17-35(31)41-36(32)24-30/h1-24H. The first-order valence-electron chi connectivity index (χ1n) is 13.7. The van der Waals surface area contributed by atoms with E-state index in [2.05, 4.69) is 121 Å². The van der Waals surface area contributed by atoms with Gasteiger partial charge in [0, 0.05) is 36.7 Å². The van der Waals surface area contributed by atoms with Crippen LogP contribution < -0.4 is 0 Å². The topological polar surface area (TPSA) is 25.8 Å². The average molecular weight is 541 g/mol. The van der Waals surface area contributed by atoms with E-state index in [1.807, 2.05) is 35.6 Å². The van der Waals surface area contributed by atoms with Crippen molar-refractivity contribution in [3.05, 3.63) is 146 Å². The van der Waals surface area contributed by atoms with Gasteiger partial charge in [0.15, 0.2) is 5.82 Å². The molecule has 0 amide bonds. The van der Waals surface area contributed by atoms with E-state index in [1.54, 1.807) is 0 Å². The van der Waals surface area contributed by atoms with Crippen LogP contribution in [0.25, 0.3) is 76.0 Å². The van der Waals surface area contributed by atoms with Crippen LogP contribution in [0.4, 0.5) is 0 Å². The van der Waals surface area contributed by atoms with Gasteiger partial charge in [-0.15, -0.1) is 11.3 Å². The monoisotopic (exact) mass is 540 g/mol. The number of hydrogen-bond acceptors (Lipinski definition) is 3. The maximum absolute atomic E-state index is 5.04. The third kappa shape index (κ3) is 4.28. The van der Waals surface area contributed by atoms with Crippen molar-refractivity contribution in [1.29, 1.82) is 0 Å². The van der Waals surface area contributed by atoms with Gasteiger partial charge in [0.2, 0.25) is 0 Å². The smallest absolute Gasteiger partial charge is 0.160 e. The maximum atomic E-state index is 5.04. The van der Waals surface area contributed by atoms with E-state index in [-0.39, 0.29) is 0 Å². The third-order valence-electron chi connectivity index (χ3n) is 7.68. The van der Waals surface area contributed by atoms with Crippen LogP contribution >= 0.6 is 11.3 Å². The van der Waals surface area contributed by atoms with E-state index in [9.17, 15) is 0 Å². The van der Waals surface area contributed by atoms with Gasteiger partial charge in [-0.2, -0.15) is 0 Å². The molecule has 6 aromatic carbocycles. The summed E-state index contributed by atoms with van der Waals surface area (Å²) in [6.07, 6.45) is 0. The molecule has 0 unspecified atom stereocenters. The van der Waals surface area contributed by atoms with Gasteiger partial charge < -0.3 is 0 Å². The van der Waals surface area contributed by atoms with E-state index in [4.69, 9.17) is 9.97 Å². The Morgan fingerprint density at radius 3 is 1.73 bits per heavy atom. The molecule has 0 bridgehead atoms. The number of benzene rings is 6. The minimum atomic E-state index is 0.736. The SMILES string of the molecule is c1ccc(-c2nc(-c3ccccc3)c3ccc(-c4cccc(-c5ccc6c(c5)sc5ccccc56)c4)cc3n2)cc1. The average Bonchev–Trinajstić information content (AvgIpc) is 3.43. The molecule has 0 fully saturated rings. The number of fused-ring (bicyclic) bond motifs is 4. The Bertz CT molecular complexity index is 2200. The van der Waals surface area contributed by atoms with Crippen LogP contribution in [0.15, 0.2) is 146 Å². The van der Waals surface area contributed by atoms with Crippen molar-refractivity contribution in [3.63, 3.8) is 0 Å². The van der Waals surface area contributed by atoms with Crippen LogP contribution in [-0.2, 0) is 0 Å². The molecule has 0 saturated heterocycles. The molecule has 41 heavy (non-hydrogen) atoms. The summed E-state index contributed by atoms with van der Waals surface area (Å²) >= 11 is 1.86. The quantitative estimate of drug-likeness (QED) is 0.222. The van der Waals surface area contributed by atoms with Crippen LogP contribution in [-0.4, -0.2) is 9.97 Å². The van der Waals surface area contributed by atoms with Crippen molar-refractivity contribution < 1.29 is 0 Å². The Morgan fingerprint density at radius 1 is 0.366 bits per heavy atom. The molecule has 0 aliphatic rings. The minimum absolute atomic E-state index is 0.736. The van der Waals surface area contributed by atoms with Gasteiger partial charge in [-0.1, -0.05) is 115 Å². The van der Waals surface area contributed by atoms with E-state index < -0.39 is 0 Å². The molecule has 8 aromatic rings. The highest BCUT2D eigenvalue weighted by atomic mass is 32.1. The first-order chi connectivity index (χ1) is 20.3. The molecule has 2 aromatic heterocycles. The minimum Gasteiger partial charge on any atom is -0.228 e. The fourth-order valence-electron chi connectivity index (χ4n) is 5.63. The van der Waals surface area contributed by atoms with E-state index >= 15 is 0 Å². The number of thiophene rings is 1. The van der Waals surface area contributed by atoms with Crippen LogP contribution in [0.5, 0.6) is 0 Å². The molecule has 8 rings (SSSR count). The zero-order valence-corrected chi connectivity index (χ0v) is 23.0. The molecule has 0 N–H and O–H groups in total. The molecule has 0 atom stereocenters. The number of nitrogens with zero attached hydrogens (tertiary/aromatic N) is 2. The zero-order valence-electron chi connectivity index (χ0n) is 22.2. The molecule has 0 saturated carbocycles. The molecule has 2 heterocycles. The van der Waals surface area contributed by atoms with Gasteiger partial charge in [-0.3, -0.25) is 0 Å².